The average Bonchev–Trinajstić information content (AvgIpc) is 3.02. The Hall–Kier alpha value is -2.57. The van der Waals surface area contributed by atoms with Gasteiger partial charge in [0.05, 0.1) is 0 Å². The topological polar surface area (TPSA) is 97.5 Å². The molecular formula is C20H28N4O3. The number of fused-ring (bicyclic) bond motifs is 1. The normalized spacial score (nSPS) is 24.0. The van der Waals surface area contributed by atoms with Crippen molar-refractivity contribution in [2.24, 2.45) is 17.8 Å². The van der Waals surface area contributed by atoms with Gasteiger partial charge >= 0.3 is 6.09 Å². The fourth-order valence-electron chi connectivity index (χ4n) is 3.66. The van der Waals surface area contributed by atoms with Crippen LogP contribution in [0.25, 0.3) is 6.08 Å². The summed E-state index contributed by atoms with van der Waals surface area (Å²) in [5, 5.41) is 2.91. The lowest BCUT2D eigenvalue weighted by atomic mass is 10.2. The molecule has 0 aromatic carbocycles. The zero-order valence-electron chi connectivity index (χ0n) is 16.1. The van der Waals surface area contributed by atoms with E-state index in [0.717, 1.165) is 25.1 Å². The highest BCUT2D eigenvalue weighted by atomic mass is 16.6. The van der Waals surface area contributed by atoms with E-state index in [-0.39, 0.29) is 12.0 Å². The number of ether oxygens (including phenoxy) is 1. The molecule has 2 amide bonds. The van der Waals surface area contributed by atoms with Crippen molar-refractivity contribution in [3.63, 3.8) is 0 Å². The first-order chi connectivity index (χ1) is 12.7. The number of carbonyl (C=O) groups is 2. The van der Waals surface area contributed by atoms with Crippen molar-refractivity contribution < 1.29 is 14.3 Å². The van der Waals surface area contributed by atoms with Crippen molar-refractivity contribution in [2.45, 2.75) is 32.8 Å². The molecule has 1 aliphatic carbocycles. The number of hydrogen-bond acceptors (Lipinski definition) is 5. The van der Waals surface area contributed by atoms with E-state index in [0.29, 0.717) is 30.1 Å². The van der Waals surface area contributed by atoms with Gasteiger partial charge in [0.15, 0.2) is 0 Å². The third-order valence-electron chi connectivity index (χ3n) is 5.04. The Bertz CT molecular complexity index is 712. The van der Waals surface area contributed by atoms with Gasteiger partial charge in [-0.05, 0) is 68.7 Å². The molecular weight excluding hydrogens is 344 g/mol. The minimum Gasteiger partial charge on any atom is -0.444 e. The summed E-state index contributed by atoms with van der Waals surface area (Å²) in [6.07, 6.45) is 5.57. The van der Waals surface area contributed by atoms with Gasteiger partial charge in [0, 0.05) is 31.9 Å². The van der Waals surface area contributed by atoms with E-state index in [1.165, 1.54) is 6.08 Å². The molecule has 0 radical (unpaired) electrons. The fourth-order valence-corrected chi connectivity index (χ4v) is 3.66. The lowest BCUT2D eigenvalue weighted by molar-refractivity contribution is -0.116. The van der Waals surface area contributed by atoms with Gasteiger partial charge in [0.1, 0.15) is 11.4 Å². The first-order valence-corrected chi connectivity index (χ1v) is 9.38. The Morgan fingerprint density at radius 1 is 1.33 bits per heavy atom. The zero-order valence-corrected chi connectivity index (χ0v) is 16.1. The van der Waals surface area contributed by atoms with Crippen molar-refractivity contribution in [2.75, 3.05) is 25.4 Å². The van der Waals surface area contributed by atoms with Gasteiger partial charge in [-0.2, -0.15) is 0 Å². The maximum absolute atomic E-state index is 12.1. The van der Waals surface area contributed by atoms with Crippen molar-refractivity contribution in [1.29, 1.82) is 0 Å². The standard InChI is InChI=1S/C20H28N4O3/c1-20(2,3)27-19(26)24-11-15-14(16(15)12-24)8-9-22-18(25)7-5-13-4-6-17(21)23-10-13/h4-7,10,14-16H,8-9,11-12H2,1-3H3,(H2,21,23)(H,22,25)/b7-5+/t14-,15-,16+. The van der Waals surface area contributed by atoms with E-state index < -0.39 is 5.60 Å². The summed E-state index contributed by atoms with van der Waals surface area (Å²) in [5.41, 5.74) is 5.91. The van der Waals surface area contributed by atoms with Crippen molar-refractivity contribution in [3.8, 4) is 0 Å². The van der Waals surface area contributed by atoms with Crippen LogP contribution in [0, 0.1) is 17.8 Å². The van der Waals surface area contributed by atoms with Crippen LogP contribution in [0.3, 0.4) is 0 Å². The molecule has 1 saturated heterocycles. The van der Waals surface area contributed by atoms with Crippen LogP contribution in [0.5, 0.6) is 0 Å². The maximum atomic E-state index is 12.1. The van der Waals surface area contributed by atoms with E-state index >= 15 is 0 Å². The Balaban J connectivity index is 1.33. The summed E-state index contributed by atoms with van der Waals surface area (Å²) < 4.78 is 5.42. The molecule has 3 rings (SSSR count). The molecule has 0 unspecified atom stereocenters. The first-order valence-electron chi connectivity index (χ1n) is 9.38. The Morgan fingerprint density at radius 3 is 2.63 bits per heavy atom. The number of amides is 2. The number of rotatable bonds is 5. The van der Waals surface area contributed by atoms with Crippen LogP contribution in [0.2, 0.25) is 0 Å². The van der Waals surface area contributed by atoms with Crippen LogP contribution in [0.15, 0.2) is 24.4 Å². The number of likely N-dealkylation sites (tertiary alicyclic amines) is 1. The average molecular weight is 372 g/mol. The van der Waals surface area contributed by atoms with Crippen LogP contribution >= 0.6 is 0 Å². The molecule has 7 heteroatoms. The third-order valence-corrected chi connectivity index (χ3v) is 5.04. The molecule has 0 bridgehead atoms. The van der Waals surface area contributed by atoms with Gasteiger partial charge in [0.2, 0.25) is 5.91 Å². The van der Waals surface area contributed by atoms with Gasteiger partial charge < -0.3 is 20.7 Å². The molecule has 146 valence electrons. The molecule has 1 aromatic rings. The molecule has 0 spiro atoms. The number of pyridine rings is 1. The number of nitrogens with one attached hydrogen (secondary N) is 1. The Labute approximate surface area is 160 Å². The highest BCUT2D eigenvalue weighted by Gasteiger charge is 2.56. The van der Waals surface area contributed by atoms with Gasteiger partial charge in [-0.15, -0.1) is 0 Å². The second-order valence-corrected chi connectivity index (χ2v) is 8.31. The van der Waals surface area contributed by atoms with E-state index in [2.05, 4.69) is 10.3 Å². The van der Waals surface area contributed by atoms with Crippen molar-refractivity contribution in [1.82, 2.24) is 15.2 Å². The molecule has 1 aliphatic heterocycles. The monoisotopic (exact) mass is 372 g/mol. The predicted octanol–water partition coefficient (Wildman–Crippen LogP) is 2.30. The summed E-state index contributed by atoms with van der Waals surface area (Å²) in [4.78, 5) is 29.7. The molecule has 1 saturated carbocycles. The van der Waals surface area contributed by atoms with E-state index in [9.17, 15) is 9.59 Å². The number of nitrogens with zero attached hydrogens (tertiary/aromatic N) is 2. The number of nitrogens with two attached hydrogens (primary N) is 1. The summed E-state index contributed by atoms with van der Waals surface area (Å²) in [7, 11) is 0. The van der Waals surface area contributed by atoms with E-state index in [4.69, 9.17) is 10.5 Å². The Kier molecular flexibility index (Phi) is 5.39. The van der Waals surface area contributed by atoms with Crippen molar-refractivity contribution >= 4 is 23.9 Å². The molecule has 27 heavy (non-hydrogen) atoms. The number of piperidine rings is 1. The predicted molar refractivity (Wildman–Crippen MR) is 104 cm³/mol. The summed E-state index contributed by atoms with van der Waals surface area (Å²) in [6.45, 7) is 7.82. The molecule has 1 aromatic heterocycles. The summed E-state index contributed by atoms with van der Waals surface area (Å²) in [5.74, 6) is 2.02. The second kappa shape index (κ2) is 7.58. The van der Waals surface area contributed by atoms with Crippen LogP contribution < -0.4 is 11.1 Å². The Morgan fingerprint density at radius 2 is 2.04 bits per heavy atom. The first kappa shape index (κ1) is 19.2. The smallest absolute Gasteiger partial charge is 0.410 e. The molecule has 3 atom stereocenters. The summed E-state index contributed by atoms with van der Waals surface area (Å²) in [6, 6.07) is 3.51. The molecule has 2 fully saturated rings. The third kappa shape index (κ3) is 5.21. The van der Waals surface area contributed by atoms with Gasteiger partial charge in [0.25, 0.3) is 0 Å². The van der Waals surface area contributed by atoms with Gasteiger partial charge in [-0.25, -0.2) is 9.78 Å². The highest BCUT2D eigenvalue weighted by molar-refractivity contribution is 5.91. The van der Waals surface area contributed by atoms with Gasteiger partial charge in [-0.1, -0.05) is 0 Å². The number of carbonyl (C=O) groups excluding carboxylic acids is 2. The number of anilines is 1. The van der Waals surface area contributed by atoms with E-state index in [1.54, 1.807) is 23.2 Å². The van der Waals surface area contributed by atoms with Crippen molar-refractivity contribution in [3.05, 3.63) is 30.0 Å². The van der Waals surface area contributed by atoms with Crippen LogP contribution in [-0.2, 0) is 9.53 Å². The summed E-state index contributed by atoms with van der Waals surface area (Å²) >= 11 is 0. The molecule has 2 aliphatic rings. The highest BCUT2D eigenvalue weighted by Crippen LogP contribution is 2.53. The maximum Gasteiger partial charge on any atom is 0.410 e. The molecule has 3 N–H and O–H groups in total. The fraction of sp³-hybridized carbons (Fsp3) is 0.550. The van der Waals surface area contributed by atoms with E-state index in [1.807, 2.05) is 26.8 Å². The van der Waals surface area contributed by atoms with Gasteiger partial charge in [-0.3, -0.25) is 4.79 Å². The van der Waals surface area contributed by atoms with Crippen LogP contribution in [0.4, 0.5) is 10.6 Å². The van der Waals surface area contributed by atoms with Crippen LogP contribution in [-0.4, -0.2) is 47.1 Å². The zero-order chi connectivity index (χ0) is 19.6. The minimum atomic E-state index is -0.455. The SMILES string of the molecule is CC(C)(C)OC(=O)N1C[C@@H]2[C@@H](CCNC(=O)/C=C/c3ccc(N)nc3)[C@@H]2C1. The number of aromatic nitrogens is 1. The number of hydrogen-bond donors (Lipinski definition) is 2. The van der Waals surface area contributed by atoms with Crippen LogP contribution in [0.1, 0.15) is 32.8 Å². The largest absolute Gasteiger partial charge is 0.444 e. The minimum absolute atomic E-state index is 0.118. The second-order valence-electron chi connectivity index (χ2n) is 8.31. The number of nitrogen functional groups attached to an aromatic ring is 1. The lowest BCUT2D eigenvalue weighted by Gasteiger charge is -2.25. The lowest BCUT2D eigenvalue weighted by Crippen LogP contribution is -2.37. The molecule has 2 heterocycles. The quantitative estimate of drug-likeness (QED) is 0.773. The molecule has 7 nitrogen and oxygen atoms in total.